The highest BCUT2D eigenvalue weighted by atomic mass is 32.2. The molecule has 7 heteroatoms. The lowest BCUT2D eigenvalue weighted by Gasteiger charge is -2.28. The summed E-state index contributed by atoms with van der Waals surface area (Å²) in [6, 6.07) is 19.7. The average Bonchev–Trinajstić information content (AvgIpc) is 3.14. The number of fused-ring (bicyclic) bond motifs is 1. The summed E-state index contributed by atoms with van der Waals surface area (Å²) in [5.74, 6) is 1.05. The van der Waals surface area contributed by atoms with Gasteiger partial charge in [-0.2, -0.15) is 4.98 Å². The number of hydrogen-bond donors (Lipinski definition) is 1. The summed E-state index contributed by atoms with van der Waals surface area (Å²) in [5.41, 5.74) is 3.44. The van der Waals surface area contributed by atoms with Crippen molar-refractivity contribution in [3.05, 3.63) is 83.1 Å². The predicted molar refractivity (Wildman–Crippen MR) is 118 cm³/mol. The molecule has 0 fully saturated rings. The first-order valence-corrected chi connectivity index (χ1v) is 10.9. The zero-order valence-electron chi connectivity index (χ0n) is 17.2. The van der Waals surface area contributed by atoms with Crippen LogP contribution >= 0.6 is 11.8 Å². The van der Waals surface area contributed by atoms with Crippen molar-refractivity contribution in [3.63, 3.8) is 0 Å². The summed E-state index contributed by atoms with van der Waals surface area (Å²) >= 11 is 1.57. The molecule has 30 heavy (non-hydrogen) atoms. The van der Waals surface area contributed by atoms with Crippen LogP contribution in [-0.2, 0) is 15.3 Å². The highest BCUT2D eigenvalue weighted by Crippen LogP contribution is 2.37. The van der Waals surface area contributed by atoms with E-state index in [0.29, 0.717) is 16.7 Å². The van der Waals surface area contributed by atoms with Gasteiger partial charge in [0, 0.05) is 11.4 Å². The lowest BCUT2D eigenvalue weighted by molar-refractivity contribution is -0.143. The van der Waals surface area contributed by atoms with Crippen molar-refractivity contribution in [2.75, 3.05) is 5.32 Å². The molecule has 2 aromatic carbocycles. The number of thioether (sulfide) groups is 1. The molecule has 2 heterocycles. The molecule has 0 spiro atoms. The zero-order valence-corrected chi connectivity index (χ0v) is 18.0. The van der Waals surface area contributed by atoms with Crippen molar-refractivity contribution < 1.29 is 9.53 Å². The molecule has 1 aliphatic rings. The van der Waals surface area contributed by atoms with Gasteiger partial charge in [-0.3, -0.25) is 0 Å². The SMILES string of the molecule is CC1=C(C(=O)OC(C)C)C(c2ccccc2)n2nc(SCc3ccccc3)nc2N1. The third kappa shape index (κ3) is 4.26. The number of benzene rings is 2. The second-order valence-corrected chi connectivity index (χ2v) is 8.31. The Bertz CT molecular complexity index is 1060. The van der Waals surface area contributed by atoms with Crippen molar-refractivity contribution in [3.8, 4) is 0 Å². The van der Waals surface area contributed by atoms with E-state index in [4.69, 9.17) is 9.84 Å². The van der Waals surface area contributed by atoms with Gasteiger partial charge in [0.2, 0.25) is 11.1 Å². The summed E-state index contributed by atoms with van der Waals surface area (Å²) in [7, 11) is 0. The van der Waals surface area contributed by atoms with Gasteiger partial charge in [-0.05, 0) is 31.9 Å². The molecule has 0 bridgehead atoms. The minimum Gasteiger partial charge on any atom is -0.459 e. The van der Waals surface area contributed by atoms with Gasteiger partial charge >= 0.3 is 5.97 Å². The van der Waals surface area contributed by atoms with Crippen LogP contribution in [0.15, 0.2) is 77.1 Å². The molecule has 0 saturated heterocycles. The number of ether oxygens (including phenoxy) is 1. The third-order valence-electron chi connectivity index (χ3n) is 4.72. The van der Waals surface area contributed by atoms with Crippen molar-refractivity contribution >= 4 is 23.7 Å². The number of rotatable bonds is 6. The fourth-order valence-electron chi connectivity index (χ4n) is 3.40. The molecule has 1 aliphatic heterocycles. The molecule has 0 amide bonds. The molecule has 4 rings (SSSR count). The number of allylic oxidation sites excluding steroid dienone is 1. The number of aromatic nitrogens is 3. The first-order valence-electron chi connectivity index (χ1n) is 9.90. The van der Waals surface area contributed by atoms with Gasteiger partial charge in [0.15, 0.2) is 0 Å². The smallest absolute Gasteiger partial charge is 0.338 e. The molecule has 1 atom stereocenters. The number of nitrogens with one attached hydrogen (secondary N) is 1. The Morgan fingerprint density at radius 2 is 1.80 bits per heavy atom. The van der Waals surface area contributed by atoms with Crippen LogP contribution in [-0.4, -0.2) is 26.8 Å². The molecule has 3 aromatic rings. The highest BCUT2D eigenvalue weighted by Gasteiger charge is 2.35. The van der Waals surface area contributed by atoms with Crippen LogP contribution in [0.5, 0.6) is 0 Å². The van der Waals surface area contributed by atoms with E-state index in [0.717, 1.165) is 17.0 Å². The Morgan fingerprint density at radius 3 is 2.47 bits per heavy atom. The van der Waals surface area contributed by atoms with Gasteiger partial charge in [-0.1, -0.05) is 72.4 Å². The van der Waals surface area contributed by atoms with Gasteiger partial charge in [0.05, 0.1) is 11.7 Å². The predicted octanol–water partition coefficient (Wildman–Crippen LogP) is 4.81. The molecule has 0 radical (unpaired) electrons. The van der Waals surface area contributed by atoms with Gasteiger partial charge in [0.25, 0.3) is 0 Å². The first-order chi connectivity index (χ1) is 14.5. The third-order valence-corrected chi connectivity index (χ3v) is 5.63. The van der Waals surface area contributed by atoms with Gasteiger partial charge < -0.3 is 10.1 Å². The molecule has 0 saturated carbocycles. The van der Waals surface area contributed by atoms with Gasteiger partial charge in [0.1, 0.15) is 6.04 Å². The molecule has 1 aromatic heterocycles. The average molecular weight is 421 g/mol. The monoisotopic (exact) mass is 420 g/mol. The molecule has 154 valence electrons. The van der Waals surface area contributed by atoms with Crippen LogP contribution in [0, 0.1) is 0 Å². The molecule has 1 unspecified atom stereocenters. The summed E-state index contributed by atoms with van der Waals surface area (Å²) in [5, 5.41) is 8.63. The number of anilines is 1. The lowest BCUT2D eigenvalue weighted by Crippen LogP contribution is -2.30. The Hall–Kier alpha value is -3.06. The van der Waals surface area contributed by atoms with E-state index in [1.54, 1.807) is 16.4 Å². The van der Waals surface area contributed by atoms with E-state index in [-0.39, 0.29) is 12.1 Å². The Labute approximate surface area is 180 Å². The van der Waals surface area contributed by atoms with Crippen molar-refractivity contribution in [1.29, 1.82) is 0 Å². The fraction of sp³-hybridized carbons (Fsp3) is 0.261. The van der Waals surface area contributed by atoms with Gasteiger partial charge in [-0.25, -0.2) is 9.48 Å². The second kappa shape index (κ2) is 8.75. The maximum Gasteiger partial charge on any atom is 0.338 e. The Balaban J connectivity index is 1.68. The van der Waals surface area contributed by atoms with E-state index < -0.39 is 6.04 Å². The lowest BCUT2D eigenvalue weighted by atomic mass is 9.96. The molecular formula is C23H24N4O2S. The minimum atomic E-state index is -0.396. The number of carbonyl (C=O) groups is 1. The first kappa shape index (κ1) is 20.2. The van der Waals surface area contributed by atoms with Crippen LogP contribution in [0.3, 0.4) is 0 Å². The highest BCUT2D eigenvalue weighted by molar-refractivity contribution is 7.98. The van der Waals surface area contributed by atoms with E-state index in [2.05, 4.69) is 22.4 Å². The van der Waals surface area contributed by atoms with Crippen molar-refractivity contribution in [2.45, 2.75) is 43.8 Å². The summed E-state index contributed by atoms with van der Waals surface area (Å²) in [6.07, 6.45) is -0.205. The van der Waals surface area contributed by atoms with E-state index >= 15 is 0 Å². The summed E-state index contributed by atoms with van der Waals surface area (Å²) in [4.78, 5) is 17.6. The Kier molecular flexibility index (Phi) is 5.90. The maximum absolute atomic E-state index is 12.9. The van der Waals surface area contributed by atoms with E-state index in [1.165, 1.54) is 5.56 Å². The molecular weight excluding hydrogens is 396 g/mol. The molecule has 0 aliphatic carbocycles. The number of carbonyl (C=O) groups excluding carboxylic acids is 1. The molecule has 6 nitrogen and oxygen atoms in total. The second-order valence-electron chi connectivity index (χ2n) is 7.37. The largest absolute Gasteiger partial charge is 0.459 e. The fourth-order valence-corrected chi connectivity index (χ4v) is 4.19. The summed E-state index contributed by atoms with van der Waals surface area (Å²) in [6.45, 7) is 5.57. The minimum absolute atomic E-state index is 0.205. The normalized spacial score (nSPS) is 15.7. The zero-order chi connectivity index (χ0) is 21.1. The van der Waals surface area contributed by atoms with E-state index in [1.807, 2.05) is 69.3 Å². The number of hydrogen-bond acceptors (Lipinski definition) is 6. The van der Waals surface area contributed by atoms with Crippen molar-refractivity contribution in [1.82, 2.24) is 14.8 Å². The van der Waals surface area contributed by atoms with Crippen molar-refractivity contribution in [2.24, 2.45) is 0 Å². The Morgan fingerprint density at radius 1 is 1.13 bits per heavy atom. The van der Waals surface area contributed by atoms with E-state index in [9.17, 15) is 4.79 Å². The molecule has 1 N–H and O–H groups in total. The number of esters is 1. The summed E-state index contributed by atoms with van der Waals surface area (Å²) < 4.78 is 7.32. The standard InChI is InChI=1S/C23H24N4O2S/c1-15(2)29-21(28)19-16(3)24-22-25-23(30-14-17-10-6-4-7-11-17)26-27(22)20(19)18-12-8-5-9-13-18/h4-13,15,20H,14H2,1-3H3,(H,24,25,26). The van der Waals surface area contributed by atoms with Crippen LogP contribution in [0.2, 0.25) is 0 Å². The topological polar surface area (TPSA) is 69.0 Å². The maximum atomic E-state index is 12.9. The quantitative estimate of drug-likeness (QED) is 0.456. The van der Waals surface area contributed by atoms with Crippen LogP contribution in [0.4, 0.5) is 5.95 Å². The van der Waals surface area contributed by atoms with Crippen LogP contribution in [0.25, 0.3) is 0 Å². The van der Waals surface area contributed by atoms with Gasteiger partial charge in [-0.15, -0.1) is 5.10 Å². The van der Waals surface area contributed by atoms with Crippen LogP contribution < -0.4 is 5.32 Å². The van der Waals surface area contributed by atoms with Crippen LogP contribution in [0.1, 0.15) is 37.9 Å². The number of nitrogens with zero attached hydrogens (tertiary/aromatic N) is 3.